The number of fused-ring (bicyclic) bond motifs is 1. The molecule has 0 atom stereocenters. The molecule has 0 aliphatic heterocycles. The van der Waals surface area contributed by atoms with Crippen LogP contribution in [0.5, 0.6) is 0 Å². The normalized spacial score (nSPS) is 11.2. The minimum absolute atomic E-state index is 0.230. The Kier molecular flexibility index (Phi) is 2.62. The van der Waals surface area contributed by atoms with Gasteiger partial charge in [0.1, 0.15) is 5.82 Å². The van der Waals surface area contributed by atoms with Gasteiger partial charge in [0.15, 0.2) is 0 Å². The van der Waals surface area contributed by atoms with E-state index in [1.54, 1.807) is 29.2 Å². The van der Waals surface area contributed by atoms with E-state index in [1.165, 1.54) is 0 Å². The smallest absolute Gasteiger partial charge is 0.256 e. The number of rotatable bonds is 2. The Morgan fingerprint density at radius 3 is 2.75 bits per heavy atom. The van der Waals surface area contributed by atoms with Gasteiger partial charge in [0.25, 0.3) is 5.56 Å². The summed E-state index contributed by atoms with van der Waals surface area (Å²) < 4.78 is 0.363. The molecule has 0 N–H and O–H groups in total. The van der Waals surface area contributed by atoms with Crippen molar-refractivity contribution in [1.82, 2.24) is 14.6 Å². The third kappa shape index (κ3) is 1.77. The Morgan fingerprint density at radius 2 is 2.06 bits per heavy atom. The number of aromatic nitrogens is 2. The summed E-state index contributed by atoms with van der Waals surface area (Å²) in [6.45, 7) is 0.351. The quantitative estimate of drug-likeness (QED) is 0.748. The Bertz CT molecular complexity index is 575. The van der Waals surface area contributed by atoms with Crippen LogP contribution in [0.25, 0.3) is 10.9 Å². The second kappa shape index (κ2) is 3.94. The van der Waals surface area contributed by atoms with Gasteiger partial charge in [-0.3, -0.25) is 4.79 Å². The molecule has 2 rings (SSSR count). The minimum Gasteiger partial charge on any atom is -0.802 e. The summed E-state index contributed by atoms with van der Waals surface area (Å²) in [7, 11) is 3.64. The van der Waals surface area contributed by atoms with E-state index in [1.807, 2.05) is 14.1 Å². The monoisotopic (exact) mass is 218 g/mol. The highest BCUT2D eigenvalue weighted by Crippen LogP contribution is 2.07. The molecule has 0 aliphatic carbocycles. The lowest BCUT2D eigenvalue weighted by Gasteiger charge is -2.18. The molecule has 0 aliphatic rings. The largest absolute Gasteiger partial charge is 0.802 e. The molecular weight excluding hydrogens is 206 g/mol. The first-order valence-electron chi connectivity index (χ1n) is 4.92. The van der Waals surface area contributed by atoms with Crippen molar-refractivity contribution in [1.29, 1.82) is 0 Å². The third-order valence-electron chi connectivity index (χ3n) is 2.26. The van der Waals surface area contributed by atoms with Crippen LogP contribution in [0.3, 0.4) is 0 Å². The van der Waals surface area contributed by atoms with Gasteiger partial charge in [0.05, 0.1) is 17.4 Å². The third-order valence-corrected chi connectivity index (χ3v) is 2.26. The van der Waals surface area contributed by atoms with Crippen LogP contribution < -0.4 is 5.56 Å². The number of hydrogen-bond acceptors (Lipinski definition) is 4. The summed E-state index contributed by atoms with van der Waals surface area (Å²) in [6.07, 6.45) is 0. The lowest BCUT2D eigenvalue weighted by Crippen LogP contribution is -2.25. The highest BCUT2D eigenvalue weighted by molar-refractivity contribution is 5.77. The fourth-order valence-corrected chi connectivity index (χ4v) is 1.55. The molecule has 0 saturated heterocycles. The van der Waals surface area contributed by atoms with Crippen LogP contribution in [-0.4, -0.2) is 28.7 Å². The van der Waals surface area contributed by atoms with E-state index in [0.29, 0.717) is 22.2 Å². The minimum atomic E-state index is -0.539. The standard InChI is InChI=1S/C11H12N3O2/c1-13(2)7-10-12-9-6-4-3-5-8(9)11(15)14(10)16/h3-6H,7H2,1-2H3/q-1. The maximum atomic E-state index is 11.7. The molecule has 1 aromatic heterocycles. The van der Waals surface area contributed by atoms with Crippen molar-refractivity contribution in [2.75, 3.05) is 14.1 Å². The Labute approximate surface area is 92.5 Å². The van der Waals surface area contributed by atoms with Gasteiger partial charge in [0.2, 0.25) is 0 Å². The maximum absolute atomic E-state index is 11.7. The Balaban J connectivity index is 2.69. The molecule has 16 heavy (non-hydrogen) atoms. The van der Waals surface area contributed by atoms with Gasteiger partial charge in [-0.2, -0.15) is 0 Å². The van der Waals surface area contributed by atoms with E-state index < -0.39 is 5.56 Å². The predicted octanol–water partition coefficient (Wildman–Crippen LogP) is 0.804. The molecule has 0 fully saturated rings. The summed E-state index contributed by atoms with van der Waals surface area (Å²) >= 11 is 0. The van der Waals surface area contributed by atoms with Crippen molar-refractivity contribution in [3.63, 3.8) is 0 Å². The van der Waals surface area contributed by atoms with Crippen molar-refractivity contribution >= 4 is 10.9 Å². The first-order valence-corrected chi connectivity index (χ1v) is 4.92. The zero-order valence-corrected chi connectivity index (χ0v) is 9.17. The second-order valence-corrected chi connectivity index (χ2v) is 3.88. The van der Waals surface area contributed by atoms with Crippen LogP contribution in [0.4, 0.5) is 0 Å². The first kappa shape index (κ1) is 10.6. The van der Waals surface area contributed by atoms with Crippen LogP contribution in [-0.2, 0) is 6.54 Å². The molecule has 0 saturated carbocycles. The molecule has 0 unspecified atom stereocenters. The van der Waals surface area contributed by atoms with Gasteiger partial charge < -0.3 is 14.8 Å². The molecule has 0 radical (unpaired) electrons. The molecule has 1 heterocycles. The van der Waals surface area contributed by atoms with Crippen molar-refractivity contribution < 1.29 is 0 Å². The van der Waals surface area contributed by atoms with Crippen molar-refractivity contribution in [3.05, 3.63) is 45.7 Å². The highest BCUT2D eigenvalue weighted by Gasteiger charge is 2.05. The van der Waals surface area contributed by atoms with Crippen LogP contribution >= 0.6 is 0 Å². The maximum Gasteiger partial charge on any atom is 0.256 e. The van der Waals surface area contributed by atoms with Crippen LogP contribution in [0.1, 0.15) is 5.82 Å². The second-order valence-electron chi connectivity index (χ2n) is 3.88. The molecule has 2 aromatic rings. The average molecular weight is 218 g/mol. The van der Waals surface area contributed by atoms with E-state index in [-0.39, 0.29) is 5.82 Å². The number of benzene rings is 1. The number of para-hydroxylation sites is 1. The van der Waals surface area contributed by atoms with Gasteiger partial charge >= 0.3 is 0 Å². The lowest BCUT2D eigenvalue weighted by atomic mass is 10.2. The topological polar surface area (TPSA) is 61.2 Å². The summed E-state index contributed by atoms with van der Waals surface area (Å²) in [5.74, 6) is 0.230. The van der Waals surface area contributed by atoms with Gasteiger partial charge in [-0.25, -0.2) is 4.98 Å². The molecule has 1 aromatic carbocycles. The summed E-state index contributed by atoms with van der Waals surface area (Å²) in [5.41, 5.74) is 0.0268. The van der Waals surface area contributed by atoms with E-state index in [4.69, 9.17) is 0 Å². The van der Waals surface area contributed by atoms with Crippen LogP contribution in [0.15, 0.2) is 29.1 Å². The SMILES string of the molecule is CN(C)Cc1nc2ccccc2c(=O)n1[O-]. The average Bonchev–Trinajstić information content (AvgIpc) is 2.25. The van der Waals surface area contributed by atoms with Crippen LogP contribution in [0.2, 0.25) is 0 Å². The molecular formula is C11H12N3O2-. The zero-order valence-electron chi connectivity index (χ0n) is 9.17. The molecule has 5 nitrogen and oxygen atoms in total. The van der Waals surface area contributed by atoms with Gasteiger partial charge in [-0.15, -0.1) is 0 Å². The fourth-order valence-electron chi connectivity index (χ4n) is 1.55. The number of nitrogens with zero attached hydrogens (tertiary/aromatic N) is 3. The summed E-state index contributed by atoms with van der Waals surface area (Å²) in [5, 5.41) is 12.0. The van der Waals surface area contributed by atoms with E-state index in [9.17, 15) is 10.0 Å². The fraction of sp³-hybridized carbons (Fsp3) is 0.273. The molecule has 84 valence electrons. The molecule has 0 amide bonds. The van der Waals surface area contributed by atoms with E-state index in [2.05, 4.69) is 4.98 Å². The highest BCUT2D eigenvalue weighted by atomic mass is 16.5. The van der Waals surface area contributed by atoms with Gasteiger partial charge in [-0.05, 0) is 26.2 Å². The van der Waals surface area contributed by atoms with Gasteiger partial charge in [-0.1, -0.05) is 12.1 Å². The Hall–Kier alpha value is -1.88. The van der Waals surface area contributed by atoms with E-state index in [0.717, 1.165) is 0 Å². The molecule has 0 bridgehead atoms. The zero-order chi connectivity index (χ0) is 11.7. The van der Waals surface area contributed by atoms with Gasteiger partial charge in [0, 0.05) is 0 Å². The summed E-state index contributed by atoms with van der Waals surface area (Å²) in [6, 6.07) is 6.86. The number of hydrogen-bond donors (Lipinski definition) is 0. The van der Waals surface area contributed by atoms with Crippen molar-refractivity contribution in [2.24, 2.45) is 0 Å². The lowest BCUT2D eigenvalue weighted by molar-refractivity contribution is 0.385. The predicted molar refractivity (Wildman–Crippen MR) is 62.2 cm³/mol. The molecule has 5 heteroatoms. The summed E-state index contributed by atoms with van der Waals surface area (Å²) in [4.78, 5) is 17.7. The Morgan fingerprint density at radius 1 is 1.38 bits per heavy atom. The van der Waals surface area contributed by atoms with Crippen molar-refractivity contribution in [3.8, 4) is 0 Å². The van der Waals surface area contributed by atoms with E-state index >= 15 is 0 Å². The molecule has 0 spiro atoms. The van der Waals surface area contributed by atoms with Crippen molar-refractivity contribution in [2.45, 2.75) is 6.54 Å². The van der Waals surface area contributed by atoms with Crippen LogP contribution in [0, 0.1) is 5.21 Å². The first-order chi connectivity index (χ1) is 7.59.